The standard InChI is InChI=1S/C12H23N3O2/c1-9-3-2-5-13-11(9)7-14-12(16)15-10-4-6-17-8-10/h9-11,13H,2-8H2,1H3,(H2,14,15,16). The van der Waals surface area contributed by atoms with E-state index in [9.17, 15) is 4.79 Å². The average molecular weight is 241 g/mol. The van der Waals surface area contributed by atoms with Crippen molar-refractivity contribution in [1.29, 1.82) is 0 Å². The Morgan fingerprint density at radius 2 is 2.35 bits per heavy atom. The number of rotatable bonds is 3. The summed E-state index contributed by atoms with van der Waals surface area (Å²) in [7, 11) is 0. The Morgan fingerprint density at radius 1 is 1.47 bits per heavy atom. The molecule has 2 amide bonds. The van der Waals surface area contributed by atoms with Crippen molar-refractivity contribution in [2.75, 3.05) is 26.3 Å². The minimum atomic E-state index is -0.0694. The molecule has 0 saturated carbocycles. The fourth-order valence-electron chi connectivity index (χ4n) is 2.47. The third-order valence-corrected chi connectivity index (χ3v) is 3.68. The van der Waals surface area contributed by atoms with Crippen molar-refractivity contribution in [3.05, 3.63) is 0 Å². The van der Waals surface area contributed by atoms with Crippen LogP contribution in [0.3, 0.4) is 0 Å². The molecule has 0 bridgehead atoms. The number of nitrogens with one attached hydrogen (secondary N) is 3. The van der Waals surface area contributed by atoms with E-state index in [1.807, 2.05) is 0 Å². The summed E-state index contributed by atoms with van der Waals surface area (Å²) in [6.07, 6.45) is 3.41. The summed E-state index contributed by atoms with van der Waals surface area (Å²) in [6, 6.07) is 0.529. The Kier molecular flexibility index (Phi) is 4.62. The van der Waals surface area contributed by atoms with Gasteiger partial charge in [0, 0.05) is 19.2 Å². The molecule has 0 aliphatic carbocycles. The van der Waals surface area contributed by atoms with Gasteiger partial charge in [-0.3, -0.25) is 0 Å². The largest absolute Gasteiger partial charge is 0.379 e. The molecule has 0 aromatic heterocycles. The van der Waals surface area contributed by atoms with Crippen molar-refractivity contribution in [1.82, 2.24) is 16.0 Å². The van der Waals surface area contributed by atoms with Gasteiger partial charge in [0.2, 0.25) is 0 Å². The Hall–Kier alpha value is -0.810. The minimum Gasteiger partial charge on any atom is -0.379 e. The molecule has 98 valence electrons. The second-order valence-electron chi connectivity index (χ2n) is 5.10. The highest BCUT2D eigenvalue weighted by Gasteiger charge is 2.22. The summed E-state index contributed by atoms with van der Waals surface area (Å²) < 4.78 is 5.21. The molecular weight excluding hydrogens is 218 g/mol. The molecule has 0 aromatic carbocycles. The van der Waals surface area contributed by atoms with Crippen LogP contribution in [0, 0.1) is 5.92 Å². The van der Waals surface area contributed by atoms with E-state index in [1.165, 1.54) is 12.8 Å². The molecule has 2 heterocycles. The lowest BCUT2D eigenvalue weighted by Crippen LogP contribution is -2.51. The quantitative estimate of drug-likeness (QED) is 0.673. The van der Waals surface area contributed by atoms with Gasteiger partial charge in [0.25, 0.3) is 0 Å². The molecule has 0 spiro atoms. The summed E-state index contributed by atoms with van der Waals surface area (Å²) in [4.78, 5) is 11.6. The van der Waals surface area contributed by atoms with Gasteiger partial charge in [0.05, 0.1) is 12.6 Å². The normalized spacial score (nSPS) is 33.4. The van der Waals surface area contributed by atoms with E-state index in [4.69, 9.17) is 4.74 Å². The number of urea groups is 1. The van der Waals surface area contributed by atoms with Crippen LogP contribution in [-0.4, -0.2) is 44.4 Å². The Balaban J connectivity index is 1.64. The second kappa shape index (κ2) is 6.21. The van der Waals surface area contributed by atoms with Gasteiger partial charge in [0.15, 0.2) is 0 Å². The summed E-state index contributed by atoms with van der Waals surface area (Å²) in [5.74, 6) is 0.638. The third kappa shape index (κ3) is 3.85. The third-order valence-electron chi connectivity index (χ3n) is 3.68. The van der Waals surface area contributed by atoms with Crippen LogP contribution in [-0.2, 0) is 4.74 Å². The topological polar surface area (TPSA) is 62.4 Å². The second-order valence-corrected chi connectivity index (χ2v) is 5.10. The van der Waals surface area contributed by atoms with Gasteiger partial charge >= 0.3 is 6.03 Å². The first-order chi connectivity index (χ1) is 8.25. The lowest BCUT2D eigenvalue weighted by atomic mass is 9.93. The summed E-state index contributed by atoms with van der Waals surface area (Å²) in [6.45, 7) is 5.41. The van der Waals surface area contributed by atoms with Crippen LogP contribution in [0.2, 0.25) is 0 Å². The molecule has 2 aliphatic rings. The van der Waals surface area contributed by atoms with Crippen LogP contribution < -0.4 is 16.0 Å². The van der Waals surface area contributed by atoms with Crippen LogP contribution in [0.25, 0.3) is 0 Å². The fraction of sp³-hybridized carbons (Fsp3) is 0.917. The molecular formula is C12H23N3O2. The highest BCUT2D eigenvalue weighted by atomic mass is 16.5. The van der Waals surface area contributed by atoms with Crippen molar-refractivity contribution in [2.24, 2.45) is 5.92 Å². The summed E-state index contributed by atoms with van der Waals surface area (Å²) in [5, 5.41) is 9.32. The van der Waals surface area contributed by atoms with E-state index < -0.39 is 0 Å². The lowest BCUT2D eigenvalue weighted by Gasteiger charge is -2.30. The molecule has 3 atom stereocenters. The molecule has 0 radical (unpaired) electrons. The van der Waals surface area contributed by atoms with Crippen molar-refractivity contribution >= 4 is 6.03 Å². The van der Waals surface area contributed by atoms with Crippen LogP contribution in [0.5, 0.6) is 0 Å². The number of amides is 2. The molecule has 17 heavy (non-hydrogen) atoms. The highest BCUT2D eigenvalue weighted by Crippen LogP contribution is 2.14. The predicted octanol–water partition coefficient (Wildman–Crippen LogP) is 0.463. The van der Waals surface area contributed by atoms with Gasteiger partial charge in [-0.25, -0.2) is 4.79 Å². The fourth-order valence-corrected chi connectivity index (χ4v) is 2.47. The van der Waals surface area contributed by atoms with E-state index in [-0.39, 0.29) is 12.1 Å². The van der Waals surface area contributed by atoms with Crippen molar-refractivity contribution in [3.8, 4) is 0 Å². The first-order valence-corrected chi connectivity index (χ1v) is 6.61. The van der Waals surface area contributed by atoms with E-state index in [2.05, 4.69) is 22.9 Å². The highest BCUT2D eigenvalue weighted by molar-refractivity contribution is 5.74. The molecule has 5 nitrogen and oxygen atoms in total. The Morgan fingerprint density at radius 3 is 3.06 bits per heavy atom. The zero-order valence-corrected chi connectivity index (χ0v) is 10.5. The van der Waals surface area contributed by atoms with E-state index in [1.54, 1.807) is 0 Å². The van der Waals surface area contributed by atoms with Crippen LogP contribution in [0.4, 0.5) is 4.79 Å². The molecule has 3 N–H and O–H groups in total. The number of ether oxygens (including phenoxy) is 1. The monoisotopic (exact) mass is 241 g/mol. The molecule has 2 rings (SSSR count). The number of carbonyl (C=O) groups is 1. The van der Waals surface area contributed by atoms with Gasteiger partial charge < -0.3 is 20.7 Å². The van der Waals surface area contributed by atoms with Crippen molar-refractivity contribution in [3.63, 3.8) is 0 Å². The maximum Gasteiger partial charge on any atom is 0.315 e. The zero-order chi connectivity index (χ0) is 12.1. The number of hydrogen-bond donors (Lipinski definition) is 3. The molecule has 2 saturated heterocycles. The zero-order valence-electron chi connectivity index (χ0n) is 10.5. The molecule has 0 aromatic rings. The van der Waals surface area contributed by atoms with Gasteiger partial charge in [0.1, 0.15) is 0 Å². The number of hydrogen-bond acceptors (Lipinski definition) is 3. The molecule has 3 unspecified atom stereocenters. The number of carbonyl (C=O) groups excluding carboxylic acids is 1. The van der Waals surface area contributed by atoms with Gasteiger partial charge in [-0.05, 0) is 31.7 Å². The molecule has 5 heteroatoms. The summed E-state index contributed by atoms with van der Waals surface area (Å²) in [5.41, 5.74) is 0. The first kappa shape index (κ1) is 12.6. The lowest BCUT2D eigenvalue weighted by molar-refractivity contribution is 0.188. The first-order valence-electron chi connectivity index (χ1n) is 6.61. The Labute approximate surface area is 103 Å². The Bertz CT molecular complexity index is 254. The maximum atomic E-state index is 11.6. The maximum absolute atomic E-state index is 11.6. The van der Waals surface area contributed by atoms with Crippen LogP contribution in [0.15, 0.2) is 0 Å². The van der Waals surface area contributed by atoms with E-state index in [0.29, 0.717) is 25.1 Å². The smallest absolute Gasteiger partial charge is 0.315 e. The SMILES string of the molecule is CC1CCCNC1CNC(=O)NC1CCOC1. The van der Waals surface area contributed by atoms with E-state index in [0.717, 1.165) is 19.6 Å². The minimum absolute atomic E-state index is 0.0694. The average Bonchev–Trinajstić information content (AvgIpc) is 2.81. The van der Waals surface area contributed by atoms with Gasteiger partial charge in [-0.1, -0.05) is 6.92 Å². The number of piperidine rings is 1. The van der Waals surface area contributed by atoms with Gasteiger partial charge in [-0.2, -0.15) is 0 Å². The van der Waals surface area contributed by atoms with Crippen LogP contribution >= 0.6 is 0 Å². The van der Waals surface area contributed by atoms with Gasteiger partial charge in [-0.15, -0.1) is 0 Å². The molecule has 2 aliphatic heterocycles. The van der Waals surface area contributed by atoms with Crippen molar-refractivity contribution < 1.29 is 9.53 Å². The van der Waals surface area contributed by atoms with Crippen molar-refractivity contribution in [2.45, 2.75) is 38.3 Å². The van der Waals surface area contributed by atoms with E-state index >= 15 is 0 Å². The summed E-state index contributed by atoms with van der Waals surface area (Å²) >= 11 is 0. The molecule has 2 fully saturated rings. The predicted molar refractivity (Wildman–Crippen MR) is 65.9 cm³/mol. The van der Waals surface area contributed by atoms with Crippen LogP contribution in [0.1, 0.15) is 26.2 Å².